The molecule has 1 fully saturated rings. The van der Waals surface area contributed by atoms with E-state index in [4.69, 9.17) is 0 Å². The Bertz CT molecular complexity index is 578. The molecule has 0 heterocycles. The molecule has 0 radical (unpaired) electrons. The molecule has 1 N–H and O–H groups in total. The van der Waals surface area contributed by atoms with E-state index in [0.29, 0.717) is 18.6 Å². The number of Topliss-reactive ketones (excluding diaryl/α,β-unsaturated/α-hetero) is 1. The van der Waals surface area contributed by atoms with Crippen molar-refractivity contribution in [1.29, 1.82) is 0 Å². The van der Waals surface area contributed by atoms with Crippen LogP contribution in [0, 0.1) is 10.1 Å². The van der Waals surface area contributed by atoms with Gasteiger partial charge in [-0.25, -0.2) is 5.43 Å². The molecule has 20 heavy (non-hydrogen) atoms. The van der Waals surface area contributed by atoms with Gasteiger partial charge in [-0.3, -0.25) is 19.7 Å². The van der Waals surface area contributed by atoms with Crippen molar-refractivity contribution in [3.8, 4) is 0 Å². The zero-order chi connectivity index (χ0) is 14.5. The number of hydrogen-bond donors (Lipinski definition) is 1. The molecule has 104 valence electrons. The van der Waals surface area contributed by atoms with Crippen molar-refractivity contribution < 1.29 is 14.5 Å². The number of hydrogen-bond acceptors (Lipinski definition) is 5. The van der Waals surface area contributed by atoms with Gasteiger partial charge < -0.3 is 0 Å². The van der Waals surface area contributed by atoms with Gasteiger partial charge in [0.1, 0.15) is 5.78 Å². The molecule has 1 saturated carbocycles. The Hall–Kier alpha value is -2.57. The molecule has 0 atom stereocenters. The molecule has 0 bridgehead atoms. The van der Waals surface area contributed by atoms with Gasteiger partial charge in [-0.05, 0) is 25.0 Å². The maximum Gasteiger partial charge on any atom is 0.271 e. The summed E-state index contributed by atoms with van der Waals surface area (Å²) < 4.78 is 0. The Morgan fingerprint density at radius 1 is 1.25 bits per heavy atom. The number of hydrazone groups is 1. The maximum atomic E-state index is 11.8. The summed E-state index contributed by atoms with van der Waals surface area (Å²) in [4.78, 5) is 33.0. The third-order valence-electron chi connectivity index (χ3n) is 2.98. The van der Waals surface area contributed by atoms with Crippen molar-refractivity contribution in [3.63, 3.8) is 0 Å². The van der Waals surface area contributed by atoms with Crippen LogP contribution in [0.1, 0.15) is 36.0 Å². The number of benzene rings is 1. The molecule has 0 aliphatic heterocycles. The first kappa shape index (κ1) is 13.9. The van der Waals surface area contributed by atoms with E-state index in [9.17, 15) is 19.7 Å². The van der Waals surface area contributed by atoms with Crippen molar-refractivity contribution in [2.45, 2.75) is 25.7 Å². The van der Waals surface area contributed by atoms with Gasteiger partial charge in [0, 0.05) is 36.2 Å². The minimum atomic E-state index is -0.532. The van der Waals surface area contributed by atoms with E-state index in [1.54, 1.807) is 0 Å². The van der Waals surface area contributed by atoms with Crippen molar-refractivity contribution in [3.05, 3.63) is 39.9 Å². The van der Waals surface area contributed by atoms with E-state index in [2.05, 4.69) is 10.5 Å². The third-order valence-corrected chi connectivity index (χ3v) is 2.98. The number of carbonyl (C=O) groups is 2. The first-order valence-corrected chi connectivity index (χ1v) is 6.18. The smallest absolute Gasteiger partial charge is 0.271 e. The van der Waals surface area contributed by atoms with Gasteiger partial charge in [-0.15, -0.1) is 0 Å². The molecule has 1 amide bonds. The zero-order valence-electron chi connectivity index (χ0n) is 10.7. The molecule has 1 aromatic carbocycles. The Morgan fingerprint density at radius 2 is 1.95 bits per heavy atom. The van der Waals surface area contributed by atoms with Crippen LogP contribution >= 0.6 is 0 Å². The molecule has 7 heteroatoms. The van der Waals surface area contributed by atoms with E-state index in [0.717, 1.165) is 6.42 Å². The van der Waals surface area contributed by atoms with Crippen LogP contribution in [-0.2, 0) is 4.79 Å². The fourth-order valence-electron chi connectivity index (χ4n) is 1.92. The highest BCUT2D eigenvalue weighted by Gasteiger charge is 2.15. The molecule has 1 aromatic rings. The summed E-state index contributed by atoms with van der Waals surface area (Å²) in [5.74, 6) is -0.329. The highest BCUT2D eigenvalue weighted by atomic mass is 16.6. The van der Waals surface area contributed by atoms with Crippen LogP contribution in [0.4, 0.5) is 5.69 Å². The predicted molar refractivity (Wildman–Crippen MR) is 71.5 cm³/mol. The van der Waals surface area contributed by atoms with E-state index in [-0.39, 0.29) is 23.5 Å². The van der Waals surface area contributed by atoms with Gasteiger partial charge in [0.2, 0.25) is 0 Å². The number of rotatable bonds is 3. The van der Waals surface area contributed by atoms with Crippen molar-refractivity contribution >= 4 is 23.1 Å². The number of nitrogens with one attached hydrogen (secondary N) is 1. The Kier molecular flexibility index (Phi) is 4.19. The van der Waals surface area contributed by atoms with E-state index < -0.39 is 10.8 Å². The summed E-state index contributed by atoms with van der Waals surface area (Å²) in [6, 6.07) is 5.23. The SMILES string of the molecule is O=C1CCC/C(=N/NC(=O)c2ccc([N+](=O)[O-])cc2)C1. The largest absolute Gasteiger partial charge is 0.299 e. The van der Waals surface area contributed by atoms with E-state index in [1.807, 2.05) is 0 Å². The van der Waals surface area contributed by atoms with E-state index in [1.165, 1.54) is 24.3 Å². The Balaban J connectivity index is 1.99. The minimum Gasteiger partial charge on any atom is -0.299 e. The highest BCUT2D eigenvalue weighted by Crippen LogP contribution is 2.13. The molecule has 7 nitrogen and oxygen atoms in total. The number of amides is 1. The normalized spacial score (nSPS) is 17.0. The van der Waals surface area contributed by atoms with Gasteiger partial charge in [-0.2, -0.15) is 5.10 Å². The highest BCUT2D eigenvalue weighted by molar-refractivity contribution is 6.04. The first-order chi connectivity index (χ1) is 9.56. The van der Waals surface area contributed by atoms with Crippen LogP contribution in [0.5, 0.6) is 0 Å². The lowest BCUT2D eigenvalue weighted by Crippen LogP contribution is -2.22. The molecule has 1 aliphatic rings. The first-order valence-electron chi connectivity index (χ1n) is 6.18. The topological polar surface area (TPSA) is 102 Å². The summed E-state index contributed by atoms with van der Waals surface area (Å²) in [6.45, 7) is 0. The van der Waals surface area contributed by atoms with Crippen LogP contribution in [0.3, 0.4) is 0 Å². The molecular weight excluding hydrogens is 262 g/mol. The van der Waals surface area contributed by atoms with Crippen LogP contribution in [-0.4, -0.2) is 22.3 Å². The fraction of sp³-hybridized carbons (Fsp3) is 0.308. The molecular formula is C13H13N3O4. The van der Waals surface area contributed by atoms with Crippen molar-refractivity contribution in [2.24, 2.45) is 5.10 Å². The Morgan fingerprint density at radius 3 is 2.55 bits per heavy atom. The second kappa shape index (κ2) is 6.05. The zero-order valence-corrected chi connectivity index (χ0v) is 10.7. The fourth-order valence-corrected chi connectivity index (χ4v) is 1.92. The molecule has 1 aliphatic carbocycles. The number of non-ortho nitro benzene ring substituents is 1. The Labute approximate surface area is 114 Å². The van der Waals surface area contributed by atoms with Crippen LogP contribution < -0.4 is 5.43 Å². The summed E-state index contributed by atoms with van der Waals surface area (Å²) in [5.41, 5.74) is 3.23. The van der Waals surface area contributed by atoms with Gasteiger partial charge >= 0.3 is 0 Å². The lowest BCUT2D eigenvalue weighted by atomic mass is 9.97. The number of nitro benzene ring substituents is 1. The molecule has 0 saturated heterocycles. The summed E-state index contributed by atoms with van der Waals surface area (Å²) in [5, 5.41) is 14.4. The molecule has 0 unspecified atom stereocenters. The van der Waals surface area contributed by atoms with Crippen molar-refractivity contribution in [1.82, 2.24) is 5.43 Å². The van der Waals surface area contributed by atoms with E-state index >= 15 is 0 Å². The number of ketones is 1. The molecule has 0 aromatic heterocycles. The second-order valence-electron chi connectivity index (χ2n) is 4.49. The summed E-state index contributed by atoms with van der Waals surface area (Å²) >= 11 is 0. The van der Waals surface area contributed by atoms with Gasteiger partial charge in [0.25, 0.3) is 11.6 Å². The maximum absolute atomic E-state index is 11.8. The number of nitrogens with zero attached hydrogens (tertiary/aromatic N) is 2. The quantitative estimate of drug-likeness (QED) is 0.671. The standard InChI is InChI=1S/C13H13N3O4/c17-12-3-1-2-10(8-12)14-15-13(18)9-4-6-11(7-5-9)16(19)20/h4-7H,1-3,8H2,(H,15,18)/b14-10-. The monoisotopic (exact) mass is 275 g/mol. The number of nitro groups is 1. The van der Waals surface area contributed by atoms with Gasteiger partial charge in [0.05, 0.1) is 4.92 Å². The third kappa shape index (κ3) is 3.47. The summed E-state index contributed by atoms with van der Waals surface area (Å²) in [7, 11) is 0. The summed E-state index contributed by atoms with van der Waals surface area (Å²) in [6.07, 6.45) is 2.30. The lowest BCUT2D eigenvalue weighted by molar-refractivity contribution is -0.384. The van der Waals surface area contributed by atoms with Crippen molar-refractivity contribution in [2.75, 3.05) is 0 Å². The molecule has 2 rings (SSSR count). The second-order valence-corrected chi connectivity index (χ2v) is 4.49. The van der Waals surface area contributed by atoms with Crippen LogP contribution in [0.2, 0.25) is 0 Å². The van der Waals surface area contributed by atoms with Crippen LogP contribution in [0.15, 0.2) is 29.4 Å². The molecule has 0 spiro atoms. The predicted octanol–water partition coefficient (Wildman–Crippen LogP) is 1.82. The van der Waals surface area contributed by atoms with Crippen LogP contribution in [0.25, 0.3) is 0 Å². The minimum absolute atomic E-state index is 0.0780. The lowest BCUT2D eigenvalue weighted by Gasteiger charge is -2.11. The number of carbonyl (C=O) groups excluding carboxylic acids is 2. The average molecular weight is 275 g/mol. The van der Waals surface area contributed by atoms with Gasteiger partial charge in [-0.1, -0.05) is 0 Å². The van der Waals surface area contributed by atoms with Gasteiger partial charge in [0.15, 0.2) is 0 Å². The average Bonchev–Trinajstić information content (AvgIpc) is 2.45.